The van der Waals surface area contributed by atoms with Crippen molar-refractivity contribution in [3.05, 3.63) is 34.0 Å². The molecule has 3 heteroatoms. The van der Waals surface area contributed by atoms with Gasteiger partial charge in [0.1, 0.15) is 0 Å². The van der Waals surface area contributed by atoms with Crippen LogP contribution in [0.25, 0.3) is 10.9 Å². The molecule has 0 saturated carbocycles. The zero-order valence-electron chi connectivity index (χ0n) is 10.5. The molecule has 3 rings (SSSR count). The van der Waals surface area contributed by atoms with Crippen molar-refractivity contribution in [2.24, 2.45) is 7.05 Å². The normalized spacial score (nSPS) is 19.6. The standard InChI is InChI=1S/C14H17ClN2/c1-8-6-16-7-12-13(8)10-4-5-11(15)9(2)14(10)17(12)3/h4-5,8,16H,6-7H2,1-3H3. The summed E-state index contributed by atoms with van der Waals surface area (Å²) < 4.78 is 2.30. The molecule has 0 spiro atoms. The van der Waals surface area contributed by atoms with E-state index in [1.807, 2.05) is 6.07 Å². The number of halogens is 1. The lowest BCUT2D eigenvalue weighted by molar-refractivity contribution is 0.553. The first kappa shape index (κ1) is 11.1. The van der Waals surface area contributed by atoms with E-state index in [1.165, 1.54) is 27.7 Å². The van der Waals surface area contributed by atoms with Crippen molar-refractivity contribution in [2.75, 3.05) is 6.54 Å². The zero-order chi connectivity index (χ0) is 12.2. The van der Waals surface area contributed by atoms with Crippen LogP contribution in [-0.2, 0) is 13.6 Å². The monoisotopic (exact) mass is 248 g/mol. The summed E-state index contributed by atoms with van der Waals surface area (Å²) in [7, 11) is 2.14. The Morgan fingerprint density at radius 3 is 2.94 bits per heavy atom. The molecule has 1 unspecified atom stereocenters. The van der Waals surface area contributed by atoms with Crippen LogP contribution in [0.4, 0.5) is 0 Å². The summed E-state index contributed by atoms with van der Waals surface area (Å²) >= 11 is 6.23. The predicted octanol–water partition coefficient (Wildman–Crippen LogP) is 3.35. The minimum atomic E-state index is 0.572. The molecule has 90 valence electrons. The van der Waals surface area contributed by atoms with E-state index in [1.54, 1.807) is 0 Å². The van der Waals surface area contributed by atoms with Gasteiger partial charge >= 0.3 is 0 Å². The number of benzene rings is 1. The van der Waals surface area contributed by atoms with E-state index in [0.29, 0.717) is 5.92 Å². The zero-order valence-corrected chi connectivity index (χ0v) is 11.2. The highest BCUT2D eigenvalue weighted by atomic mass is 35.5. The van der Waals surface area contributed by atoms with Crippen LogP contribution in [0, 0.1) is 6.92 Å². The average Bonchev–Trinajstić information content (AvgIpc) is 2.60. The number of fused-ring (bicyclic) bond motifs is 3. The fourth-order valence-corrected chi connectivity index (χ4v) is 3.22. The van der Waals surface area contributed by atoms with Gasteiger partial charge in [-0.2, -0.15) is 0 Å². The molecule has 1 aliphatic heterocycles. The number of hydrogen-bond donors (Lipinski definition) is 1. The van der Waals surface area contributed by atoms with E-state index < -0.39 is 0 Å². The third-order valence-electron chi connectivity index (χ3n) is 3.94. The molecule has 1 aliphatic rings. The largest absolute Gasteiger partial charge is 0.346 e. The van der Waals surface area contributed by atoms with Crippen molar-refractivity contribution in [3.8, 4) is 0 Å². The SMILES string of the molecule is Cc1c(Cl)ccc2c3c(n(C)c12)CNCC3C. The van der Waals surface area contributed by atoms with Crippen molar-refractivity contribution in [1.29, 1.82) is 0 Å². The van der Waals surface area contributed by atoms with Crippen LogP contribution in [0.1, 0.15) is 29.7 Å². The molecule has 0 fully saturated rings. The predicted molar refractivity (Wildman–Crippen MR) is 72.8 cm³/mol. The molecule has 2 nitrogen and oxygen atoms in total. The second-order valence-corrected chi connectivity index (χ2v) is 5.43. The van der Waals surface area contributed by atoms with E-state index in [4.69, 9.17) is 11.6 Å². The van der Waals surface area contributed by atoms with Gasteiger partial charge in [0.15, 0.2) is 0 Å². The summed E-state index contributed by atoms with van der Waals surface area (Å²) in [5, 5.41) is 5.70. The molecule has 2 heterocycles. The summed E-state index contributed by atoms with van der Waals surface area (Å²) in [4.78, 5) is 0. The van der Waals surface area contributed by atoms with Crippen molar-refractivity contribution in [3.63, 3.8) is 0 Å². The van der Waals surface area contributed by atoms with Gasteiger partial charge in [-0.25, -0.2) is 0 Å². The lowest BCUT2D eigenvalue weighted by Gasteiger charge is -2.21. The molecule has 0 saturated heterocycles. The molecule has 1 N–H and O–H groups in total. The van der Waals surface area contributed by atoms with E-state index in [-0.39, 0.29) is 0 Å². The van der Waals surface area contributed by atoms with Gasteiger partial charge in [-0.1, -0.05) is 24.6 Å². The smallest absolute Gasteiger partial charge is 0.0527 e. The molecular weight excluding hydrogens is 232 g/mol. The van der Waals surface area contributed by atoms with Crippen LogP contribution in [0.5, 0.6) is 0 Å². The summed E-state index contributed by atoms with van der Waals surface area (Å²) in [6.07, 6.45) is 0. The third-order valence-corrected chi connectivity index (χ3v) is 4.35. The van der Waals surface area contributed by atoms with Gasteiger partial charge < -0.3 is 9.88 Å². The van der Waals surface area contributed by atoms with E-state index in [0.717, 1.165) is 18.1 Å². The van der Waals surface area contributed by atoms with E-state index in [9.17, 15) is 0 Å². The maximum Gasteiger partial charge on any atom is 0.0527 e. The molecule has 17 heavy (non-hydrogen) atoms. The lowest BCUT2D eigenvalue weighted by Crippen LogP contribution is -2.27. The Hall–Kier alpha value is -0.990. The fraction of sp³-hybridized carbons (Fsp3) is 0.429. The molecule has 0 radical (unpaired) electrons. The maximum absolute atomic E-state index is 6.23. The molecule has 1 aromatic carbocycles. The third kappa shape index (κ3) is 1.44. The van der Waals surface area contributed by atoms with Crippen LogP contribution < -0.4 is 5.32 Å². The molecular formula is C14H17ClN2. The highest BCUT2D eigenvalue weighted by Gasteiger charge is 2.24. The first-order chi connectivity index (χ1) is 8.11. The molecule has 1 atom stereocenters. The first-order valence-electron chi connectivity index (χ1n) is 6.08. The highest BCUT2D eigenvalue weighted by Crippen LogP contribution is 2.36. The molecule has 0 amide bonds. The summed E-state index contributed by atoms with van der Waals surface area (Å²) in [6, 6.07) is 4.19. The van der Waals surface area contributed by atoms with Crippen LogP contribution in [0.15, 0.2) is 12.1 Å². The van der Waals surface area contributed by atoms with Crippen molar-refractivity contribution < 1.29 is 0 Å². The number of aromatic nitrogens is 1. The lowest BCUT2D eigenvalue weighted by atomic mass is 9.94. The first-order valence-corrected chi connectivity index (χ1v) is 6.46. The quantitative estimate of drug-likeness (QED) is 0.757. The van der Waals surface area contributed by atoms with Crippen LogP contribution in [-0.4, -0.2) is 11.1 Å². The number of nitrogens with zero attached hydrogens (tertiary/aromatic N) is 1. The van der Waals surface area contributed by atoms with Gasteiger partial charge in [-0.05, 0) is 30.0 Å². The van der Waals surface area contributed by atoms with Crippen molar-refractivity contribution in [2.45, 2.75) is 26.3 Å². The Balaban J connectivity index is 2.45. The maximum atomic E-state index is 6.23. The number of nitrogens with one attached hydrogen (secondary N) is 1. The van der Waals surface area contributed by atoms with Gasteiger partial charge in [0.25, 0.3) is 0 Å². The number of rotatable bonds is 0. The molecule has 0 aliphatic carbocycles. The van der Waals surface area contributed by atoms with Crippen LogP contribution in [0.3, 0.4) is 0 Å². The van der Waals surface area contributed by atoms with E-state index in [2.05, 4.69) is 36.8 Å². The van der Waals surface area contributed by atoms with E-state index >= 15 is 0 Å². The number of hydrogen-bond acceptors (Lipinski definition) is 1. The second-order valence-electron chi connectivity index (χ2n) is 5.02. The Kier molecular flexibility index (Phi) is 2.46. The summed E-state index contributed by atoms with van der Waals surface area (Å²) in [6.45, 7) is 6.41. The molecule has 1 aromatic heterocycles. The molecule has 2 aromatic rings. The van der Waals surface area contributed by atoms with Gasteiger partial charge in [-0.3, -0.25) is 0 Å². The molecule has 0 bridgehead atoms. The number of aryl methyl sites for hydroxylation is 2. The van der Waals surface area contributed by atoms with Crippen LogP contribution in [0.2, 0.25) is 5.02 Å². The van der Waals surface area contributed by atoms with Crippen molar-refractivity contribution in [1.82, 2.24) is 9.88 Å². The summed E-state index contributed by atoms with van der Waals surface area (Å²) in [5.74, 6) is 0.572. The highest BCUT2D eigenvalue weighted by molar-refractivity contribution is 6.32. The van der Waals surface area contributed by atoms with Gasteiger partial charge in [0.2, 0.25) is 0 Å². The van der Waals surface area contributed by atoms with Gasteiger partial charge in [0.05, 0.1) is 5.52 Å². The summed E-state index contributed by atoms with van der Waals surface area (Å²) in [5.41, 5.74) is 5.39. The minimum Gasteiger partial charge on any atom is -0.346 e. The second kappa shape index (κ2) is 3.76. The Morgan fingerprint density at radius 2 is 2.18 bits per heavy atom. The fourth-order valence-electron chi connectivity index (χ4n) is 3.07. The Labute approximate surface area is 107 Å². The van der Waals surface area contributed by atoms with Gasteiger partial charge in [-0.15, -0.1) is 0 Å². The average molecular weight is 249 g/mol. The van der Waals surface area contributed by atoms with Crippen LogP contribution >= 0.6 is 11.6 Å². The Bertz CT molecular complexity index is 598. The minimum absolute atomic E-state index is 0.572. The Morgan fingerprint density at radius 1 is 1.41 bits per heavy atom. The topological polar surface area (TPSA) is 17.0 Å². The van der Waals surface area contributed by atoms with Crippen molar-refractivity contribution >= 4 is 22.5 Å². The van der Waals surface area contributed by atoms with Gasteiger partial charge in [0, 0.05) is 36.2 Å².